The number of hydrogen-bond donors (Lipinski definition) is 5. The summed E-state index contributed by atoms with van der Waals surface area (Å²) in [7, 11) is 1.48. The van der Waals surface area contributed by atoms with E-state index in [4.69, 9.17) is 20.8 Å². The first-order chi connectivity index (χ1) is 23.8. The lowest BCUT2D eigenvalue weighted by atomic mass is 10.0. The van der Waals surface area contributed by atoms with Gasteiger partial charge in [-0.15, -0.1) is 0 Å². The second kappa shape index (κ2) is 15.1. The number of carbonyl (C=O) groups is 4. The average Bonchev–Trinajstić information content (AvgIpc) is 3.72. The van der Waals surface area contributed by atoms with E-state index in [2.05, 4.69) is 31.2 Å². The van der Waals surface area contributed by atoms with Crippen molar-refractivity contribution >= 4 is 62.9 Å². The van der Waals surface area contributed by atoms with Gasteiger partial charge in [0.05, 0.1) is 13.7 Å². The number of para-hydroxylation sites is 1. The topological polar surface area (TPSA) is 171 Å². The van der Waals surface area contributed by atoms with Crippen molar-refractivity contribution in [1.82, 2.24) is 30.8 Å². The summed E-state index contributed by atoms with van der Waals surface area (Å²) in [4.78, 5) is 62.5. The standard InChI is InChI=1S/C35H36ClN7O6/c1-48-28-18-23(36)15-21-17-29(49-32(21)28)35(47)43-14-5-4-11-39-33(45)27(16-22-19-40-25-8-3-2-7-24(22)25)42-34(46)26-9-6-10-30(41-26)37-12-13-38-31(44)20-43/h2-3,6-10,15,17-19,27,40H,4-5,11-14,16,20H2,1H3,(H,37,41)(H,38,44)(H,39,45)(H,42,46)/t27-/m0/s1. The lowest BCUT2D eigenvalue weighted by molar-refractivity contribution is -0.123. The van der Waals surface area contributed by atoms with Gasteiger partial charge >= 0.3 is 0 Å². The molecule has 3 aromatic heterocycles. The molecule has 2 bridgehead atoms. The zero-order valence-corrected chi connectivity index (χ0v) is 27.6. The van der Waals surface area contributed by atoms with E-state index in [1.54, 1.807) is 36.4 Å². The number of nitrogens with zero attached hydrogens (tertiary/aromatic N) is 2. The number of carbonyl (C=O) groups excluding carboxylic acids is 4. The van der Waals surface area contributed by atoms with Crippen LogP contribution in [0.3, 0.4) is 0 Å². The van der Waals surface area contributed by atoms with Crippen LogP contribution < -0.4 is 26.0 Å². The van der Waals surface area contributed by atoms with Crippen LogP contribution in [0, 0.1) is 0 Å². The number of anilines is 1. The number of nitrogens with one attached hydrogen (secondary N) is 5. The van der Waals surface area contributed by atoms with Crippen LogP contribution in [0.15, 0.2) is 71.3 Å². The Morgan fingerprint density at radius 1 is 1.00 bits per heavy atom. The Bertz CT molecular complexity index is 2010. The molecular weight excluding hydrogens is 650 g/mol. The molecule has 2 aromatic carbocycles. The van der Waals surface area contributed by atoms with Gasteiger partial charge in [-0.3, -0.25) is 19.2 Å². The number of aromatic nitrogens is 2. The quantitative estimate of drug-likeness (QED) is 0.190. The third-order valence-corrected chi connectivity index (χ3v) is 8.43. The maximum absolute atomic E-state index is 13.7. The molecule has 1 aliphatic rings. The van der Waals surface area contributed by atoms with Gasteiger partial charge in [0.1, 0.15) is 17.6 Å². The Labute approximate surface area is 286 Å². The molecule has 49 heavy (non-hydrogen) atoms. The first kappa shape index (κ1) is 33.3. The van der Waals surface area contributed by atoms with Crippen LogP contribution in [0.2, 0.25) is 5.02 Å². The van der Waals surface area contributed by atoms with E-state index < -0.39 is 17.9 Å². The molecule has 5 N–H and O–H groups in total. The van der Waals surface area contributed by atoms with Crippen molar-refractivity contribution in [2.45, 2.75) is 25.3 Å². The number of amides is 4. The van der Waals surface area contributed by atoms with Crippen LogP contribution in [0.1, 0.15) is 39.4 Å². The van der Waals surface area contributed by atoms with Gasteiger partial charge in [0.25, 0.3) is 11.8 Å². The maximum Gasteiger partial charge on any atom is 0.290 e. The first-order valence-electron chi connectivity index (χ1n) is 16.0. The number of benzene rings is 2. The lowest BCUT2D eigenvalue weighted by Crippen LogP contribution is -2.48. The summed E-state index contributed by atoms with van der Waals surface area (Å²) in [5.74, 6) is -0.826. The summed E-state index contributed by atoms with van der Waals surface area (Å²) >= 11 is 6.21. The van der Waals surface area contributed by atoms with Gasteiger partial charge in [0.15, 0.2) is 17.1 Å². The summed E-state index contributed by atoms with van der Waals surface area (Å²) in [6.45, 7) is 0.850. The van der Waals surface area contributed by atoms with E-state index in [1.807, 2.05) is 30.5 Å². The summed E-state index contributed by atoms with van der Waals surface area (Å²) in [5, 5.41) is 13.7. The molecule has 0 unspecified atom stereocenters. The monoisotopic (exact) mass is 685 g/mol. The Morgan fingerprint density at radius 2 is 1.84 bits per heavy atom. The highest BCUT2D eigenvalue weighted by Gasteiger charge is 2.26. The molecule has 0 saturated carbocycles. The molecule has 14 heteroatoms. The molecule has 0 saturated heterocycles. The summed E-state index contributed by atoms with van der Waals surface area (Å²) in [6.07, 6.45) is 3.07. The van der Waals surface area contributed by atoms with Gasteiger partial charge in [-0.25, -0.2) is 4.98 Å². The Hall–Kier alpha value is -5.56. The third-order valence-electron chi connectivity index (χ3n) is 8.21. The number of hydrogen-bond acceptors (Lipinski definition) is 8. The Morgan fingerprint density at radius 3 is 2.69 bits per heavy atom. The molecule has 13 nitrogen and oxygen atoms in total. The lowest BCUT2D eigenvalue weighted by Gasteiger charge is -2.21. The molecule has 4 amide bonds. The largest absolute Gasteiger partial charge is 0.493 e. The van der Waals surface area contributed by atoms with Crippen LogP contribution in [0.5, 0.6) is 5.75 Å². The van der Waals surface area contributed by atoms with Crippen LogP contribution in [-0.4, -0.2) is 84.4 Å². The summed E-state index contributed by atoms with van der Waals surface area (Å²) < 4.78 is 11.3. The SMILES string of the molecule is COc1cc(Cl)cc2cc(C(=O)N3CCCCNC(=O)[C@H](Cc4c[nH]c5ccccc45)NC(=O)c4cccc(n4)NCCNC(=O)C3)oc12. The molecule has 0 fully saturated rings. The number of halogens is 1. The minimum absolute atomic E-state index is 0.0403. The van der Waals surface area contributed by atoms with E-state index in [0.29, 0.717) is 46.9 Å². The zero-order chi connectivity index (χ0) is 34.3. The average molecular weight is 686 g/mol. The predicted molar refractivity (Wildman–Crippen MR) is 185 cm³/mol. The number of ether oxygens (including phenoxy) is 1. The molecule has 5 aromatic rings. The van der Waals surface area contributed by atoms with Gasteiger partial charge in [0.2, 0.25) is 11.8 Å². The van der Waals surface area contributed by atoms with Crippen molar-refractivity contribution in [2.24, 2.45) is 0 Å². The Kier molecular flexibility index (Phi) is 10.3. The second-order valence-electron chi connectivity index (χ2n) is 11.6. The molecule has 6 rings (SSSR count). The molecule has 4 heterocycles. The van der Waals surface area contributed by atoms with Crippen molar-refractivity contribution in [3.05, 3.63) is 88.9 Å². The fourth-order valence-corrected chi connectivity index (χ4v) is 5.97. The minimum atomic E-state index is -0.884. The van der Waals surface area contributed by atoms with Gasteiger partial charge in [0, 0.05) is 66.2 Å². The smallest absolute Gasteiger partial charge is 0.290 e. The molecule has 1 aliphatic heterocycles. The first-order valence-corrected chi connectivity index (χ1v) is 16.3. The van der Waals surface area contributed by atoms with Gasteiger partial charge in [-0.2, -0.15) is 0 Å². The van der Waals surface area contributed by atoms with Crippen LogP contribution in [-0.2, 0) is 16.0 Å². The number of pyridine rings is 1. The van der Waals surface area contributed by atoms with Crippen molar-refractivity contribution in [3.8, 4) is 5.75 Å². The van der Waals surface area contributed by atoms with Crippen LogP contribution in [0.4, 0.5) is 5.82 Å². The van der Waals surface area contributed by atoms with E-state index >= 15 is 0 Å². The van der Waals surface area contributed by atoms with Crippen molar-refractivity contribution in [2.75, 3.05) is 45.2 Å². The molecular formula is C35H36ClN7O6. The normalized spacial score (nSPS) is 16.9. The third kappa shape index (κ3) is 7.95. The fraction of sp³-hybridized carbons (Fsp3) is 0.286. The van der Waals surface area contributed by atoms with Crippen LogP contribution >= 0.6 is 11.6 Å². The number of aromatic amines is 1. The van der Waals surface area contributed by atoms with Crippen LogP contribution in [0.25, 0.3) is 21.9 Å². The number of rotatable bonds is 4. The van der Waals surface area contributed by atoms with Gasteiger partial charge in [-0.05, 0) is 48.7 Å². The van der Waals surface area contributed by atoms with E-state index in [0.717, 1.165) is 16.5 Å². The molecule has 0 aliphatic carbocycles. The van der Waals surface area contributed by atoms with Crippen molar-refractivity contribution in [1.29, 1.82) is 0 Å². The zero-order valence-electron chi connectivity index (χ0n) is 26.8. The number of H-pyrrole nitrogens is 1. The van der Waals surface area contributed by atoms with Gasteiger partial charge < -0.3 is 40.3 Å². The van der Waals surface area contributed by atoms with Crippen molar-refractivity contribution in [3.63, 3.8) is 0 Å². The number of methoxy groups -OCH3 is 1. The maximum atomic E-state index is 13.7. The highest BCUT2D eigenvalue weighted by molar-refractivity contribution is 6.31. The highest BCUT2D eigenvalue weighted by Crippen LogP contribution is 2.32. The predicted octanol–water partition coefficient (Wildman–Crippen LogP) is 3.89. The summed E-state index contributed by atoms with van der Waals surface area (Å²) in [6, 6.07) is 16.7. The molecule has 1 atom stereocenters. The fourth-order valence-electron chi connectivity index (χ4n) is 5.76. The second-order valence-corrected chi connectivity index (χ2v) is 12.1. The molecule has 254 valence electrons. The highest BCUT2D eigenvalue weighted by atomic mass is 35.5. The number of fused-ring (bicyclic) bond motifs is 4. The minimum Gasteiger partial charge on any atom is -0.493 e. The molecule has 0 radical (unpaired) electrons. The molecule has 0 spiro atoms. The van der Waals surface area contributed by atoms with Gasteiger partial charge in [-0.1, -0.05) is 35.9 Å². The van der Waals surface area contributed by atoms with E-state index in [-0.39, 0.29) is 55.9 Å². The van der Waals surface area contributed by atoms with Crippen molar-refractivity contribution < 1.29 is 28.3 Å². The summed E-state index contributed by atoms with van der Waals surface area (Å²) in [5.41, 5.74) is 2.33. The van der Waals surface area contributed by atoms with E-state index in [9.17, 15) is 19.2 Å². The van der Waals surface area contributed by atoms with E-state index in [1.165, 1.54) is 12.0 Å². The Balaban J connectivity index is 1.21. The number of furan rings is 1.